The summed E-state index contributed by atoms with van der Waals surface area (Å²) >= 11 is 0. The molecule has 16 heavy (non-hydrogen) atoms. The molecule has 0 aliphatic heterocycles. The summed E-state index contributed by atoms with van der Waals surface area (Å²) in [5.41, 5.74) is 0. The lowest BCUT2D eigenvalue weighted by atomic mass is 10.2. The summed E-state index contributed by atoms with van der Waals surface area (Å²) < 4.78 is 5.05. The van der Waals surface area contributed by atoms with E-state index in [0.29, 0.717) is 24.8 Å². The van der Waals surface area contributed by atoms with Gasteiger partial charge < -0.3 is 9.63 Å². The van der Waals surface area contributed by atoms with Gasteiger partial charge in [0.25, 0.3) is 0 Å². The molecule has 0 radical (unpaired) electrons. The number of hydrogen-bond acceptors (Lipinski definition) is 5. The van der Waals surface area contributed by atoms with Gasteiger partial charge >= 0.3 is 5.97 Å². The minimum Gasteiger partial charge on any atom is -0.481 e. The summed E-state index contributed by atoms with van der Waals surface area (Å²) in [4.78, 5) is 16.4. The van der Waals surface area contributed by atoms with Crippen molar-refractivity contribution >= 4 is 5.97 Å². The zero-order chi connectivity index (χ0) is 12.1. The molecular formula is C10H17N3O3. The van der Waals surface area contributed by atoms with E-state index in [-0.39, 0.29) is 12.3 Å². The minimum absolute atomic E-state index is 0.116. The molecule has 0 saturated carbocycles. The second-order valence-electron chi connectivity index (χ2n) is 4.09. The zero-order valence-electron chi connectivity index (χ0n) is 9.80. The van der Waals surface area contributed by atoms with Crippen molar-refractivity contribution in [1.82, 2.24) is 15.0 Å². The predicted octanol–water partition coefficient (Wildman–Crippen LogP) is 1.10. The fourth-order valence-corrected chi connectivity index (χ4v) is 1.17. The van der Waals surface area contributed by atoms with Crippen LogP contribution < -0.4 is 0 Å². The first kappa shape index (κ1) is 12.6. The SMILES string of the molecule is CC(C)c1nc(CN(C)CCC(=O)O)no1. The van der Waals surface area contributed by atoms with Crippen molar-refractivity contribution in [2.45, 2.75) is 32.7 Å². The topological polar surface area (TPSA) is 79.5 Å². The van der Waals surface area contributed by atoms with Crippen LogP contribution >= 0.6 is 0 Å². The van der Waals surface area contributed by atoms with Crippen LogP contribution in [0.3, 0.4) is 0 Å². The highest BCUT2D eigenvalue weighted by Crippen LogP contribution is 2.11. The Bertz CT molecular complexity index is 349. The maximum atomic E-state index is 10.4. The van der Waals surface area contributed by atoms with Crippen LogP contribution in [0.4, 0.5) is 0 Å². The molecule has 1 aromatic rings. The van der Waals surface area contributed by atoms with Crippen LogP contribution in [0.2, 0.25) is 0 Å². The summed E-state index contributed by atoms with van der Waals surface area (Å²) in [5, 5.41) is 12.4. The van der Waals surface area contributed by atoms with Crippen LogP contribution in [0.1, 0.15) is 37.9 Å². The Hall–Kier alpha value is -1.43. The molecule has 90 valence electrons. The third-order valence-corrected chi connectivity index (χ3v) is 2.10. The Morgan fingerprint density at radius 2 is 2.25 bits per heavy atom. The summed E-state index contributed by atoms with van der Waals surface area (Å²) in [5.74, 6) is 0.617. The summed E-state index contributed by atoms with van der Waals surface area (Å²) in [6.07, 6.45) is 0.116. The van der Waals surface area contributed by atoms with E-state index in [0.717, 1.165) is 0 Å². The van der Waals surface area contributed by atoms with Gasteiger partial charge in [-0.05, 0) is 7.05 Å². The second kappa shape index (κ2) is 5.60. The van der Waals surface area contributed by atoms with Gasteiger partial charge in [-0.1, -0.05) is 19.0 Å². The van der Waals surface area contributed by atoms with E-state index >= 15 is 0 Å². The van der Waals surface area contributed by atoms with Crippen molar-refractivity contribution in [1.29, 1.82) is 0 Å². The predicted molar refractivity (Wildman–Crippen MR) is 57.0 cm³/mol. The molecule has 0 spiro atoms. The molecule has 1 rings (SSSR count). The number of carboxylic acids is 1. The average Bonchev–Trinajstić information content (AvgIpc) is 2.63. The van der Waals surface area contributed by atoms with Crippen molar-refractivity contribution < 1.29 is 14.4 Å². The molecule has 6 nitrogen and oxygen atoms in total. The van der Waals surface area contributed by atoms with Crippen LogP contribution in [-0.2, 0) is 11.3 Å². The van der Waals surface area contributed by atoms with E-state index in [2.05, 4.69) is 10.1 Å². The summed E-state index contributed by atoms with van der Waals surface area (Å²) in [6, 6.07) is 0. The number of carboxylic acid groups (broad SMARTS) is 1. The van der Waals surface area contributed by atoms with E-state index < -0.39 is 5.97 Å². The highest BCUT2D eigenvalue weighted by molar-refractivity contribution is 5.66. The summed E-state index contributed by atoms with van der Waals surface area (Å²) in [6.45, 7) is 4.93. The average molecular weight is 227 g/mol. The summed E-state index contributed by atoms with van der Waals surface area (Å²) in [7, 11) is 1.83. The lowest BCUT2D eigenvalue weighted by Crippen LogP contribution is -2.21. The van der Waals surface area contributed by atoms with Crippen molar-refractivity contribution in [3.63, 3.8) is 0 Å². The molecule has 0 aromatic carbocycles. The first-order valence-electron chi connectivity index (χ1n) is 5.22. The van der Waals surface area contributed by atoms with Crippen LogP contribution in [0.5, 0.6) is 0 Å². The third kappa shape index (κ3) is 3.98. The zero-order valence-corrected chi connectivity index (χ0v) is 9.80. The van der Waals surface area contributed by atoms with Crippen molar-refractivity contribution in [2.75, 3.05) is 13.6 Å². The van der Waals surface area contributed by atoms with E-state index in [9.17, 15) is 4.79 Å². The number of carbonyl (C=O) groups is 1. The molecule has 0 amide bonds. The fourth-order valence-electron chi connectivity index (χ4n) is 1.17. The molecule has 0 fully saturated rings. The highest BCUT2D eigenvalue weighted by Gasteiger charge is 2.11. The first-order chi connectivity index (χ1) is 7.49. The molecule has 1 aromatic heterocycles. The Morgan fingerprint density at radius 3 is 2.75 bits per heavy atom. The Kier molecular flexibility index (Phi) is 4.42. The van der Waals surface area contributed by atoms with Crippen LogP contribution in [0.15, 0.2) is 4.52 Å². The normalized spacial score (nSPS) is 11.3. The number of hydrogen-bond donors (Lipinski definition) is 1. The van der Waals surface area contributed by atoms with Gasteiger partial charge in [-0.3, -0.25) is 9.69 Å². The molecular weight excluding hydrogens is 210 g/mol. The Labute approximate surface area is 94.3 Å². The quantitative estimate of drug-likeness (QED) is 0.783. The lowest BCUT2D eigenvalue weighted by molar-refractivity contribution is -0.137. The van der Waals surface area contributed by atoms with Crippen LogP contribution in [-0.4, -0.2) is 39.7 Å². The molecule has 0 unspecified atom stereocenters. The number of rotatable bonds is 6. The highest BCUT2D eigenvalue weighted by atomic mass is 16.5. The number of aliphatic carboxylic acids is 1. The molecule has 6 heteroatoms. The number of nitrogens with zero attached hydrogens (tertiary/aromatic N) is 3. The molecule has 0 saturated heterocycles. The molecule has 1 heterocycles. The molecule has 1 N–H and O–H groups in total. The van der Waals surface area contributed by atoms with E-state index in [4.69, 9.17) is 9.63 Å². The minimum atomic E-state index is -0.803. The number of aromatic nitrogens is 2. The van der Waals surface area contributed by atoms with Crippen LogP contribution in [0, 0.1) is 0 Å². The Morgan fingerprint density at radius 1 is 1.56 bits per heavy atom. The van der Waals surface area contributed by atoms with E-state index in [1.54, 1.807) is 0 Å². The maximum Gasteiger partial charge on any atom is 0.304 e. The lowest BCUT2D eigenvalue weighted by Gasteiger charge is -2.11. The smallest absolute Gasteiger partial charge is 0.304 e. The van der Waals surface area contributed by atoms with Gasteiger partial charge in [0, 0.05) is 12.5 Å². The monoisotopic (exact) mass is 227 g/mol. The van der Waals surface area contributed by atoms with Gasteiger partial charge in [0.15, 0.2) is 5.82 Å². The fraction of sp³-hybridized carbons (Fsp3) is 0.700. The van der Waals surface area contributed by atoms with Crippen molar-refractivity contribution in [3.05, 3.63) is 11.7 Å². The standard InChI is InChI=1S/C10H17N3O3/c1-7(2)10-11-8(12-16-10)6-13(3)5-4-9(14)15/h7H,4-6H2,1-3H3,(H,14,15). The van der Waals surface area contributed by atoms with Gasteiger partial charge in [0.1, 0.15) is 0 Å². The molecule has 0 bridgehead atoms. The van der Waals surface area contributed by atoms with Crippen molar-refractivity contribution in [3.8, 4) is 0 Å². The van der Waals surface area contributed by atoms with E-state index in [1.807, 2.05) is 25.8 Å². The second-order valence-corrected chi connectivity index (χ2v) is 4.09. The van der Waals surface area contributed by atoms with Gasteiger partial charge in [-0.15, -0.1) is 0 Å². The first-order valence-corrected chi connectivity index (χ1v) is 5.22. The largest absolute Gasteiger partial charge is 0.481 e. The third-order valence-electron chi connectivity index (χ3n) is 2.10. The molecule has 0 aliphatic rings. The van der Waals surface area contributed by atoms with Crippen LogP contribution in [0.25, 0.3) is 0 Å². The van der Waals surface area contributed by atoms with E-state index in [1.165, 1.54) is 0 Å². The maximum absolute atomic E-state index is 10.4. The Balaban J connectivity index is 2.43. The van der Waals surface area contributed by atoms with Gasteiger partial charge in [-0.2, -0.15) is 4.98 Å². The van der Waals surface area contributed by atoms with Gasteiger partial charge in [-0.25, -0.2) is 0 Å². The molecule has 0 atom stereocenters. The van der Waals surface area contributed by atoms with Crippen molar-refractivity contribution in [2.24, 2.45) is 0 Å². The van der Waals surface area contributed by atoms with Gasteiger partial charge in [0.05, 0.1) is 13.0 Å². The molecule has 0 aliphatic carbocycles. The van der Waals surface area contributed by atoms with Gasteiger partial charge in [0.2, 0.25) is 5.89 Å².